The van der Waals surface area contributed by atoms with E-state index in [1.165, 1.54) is 64.7 Å². The minimum absolute atomic E-state index is 0.785. The molecule has 0 radical (unpaired) electrons. The molecular formula is C17H35N3. The van der Waals surface area contributed by atoms with Crippen LogP contribution in [0.4, 0.5) is 0 Å². The van der Waals surface area contributed by atoms with E-state index in [1.54, 1.807) is 0 Å². The van der Waals surface area contributed by atoms with Gasteiger partial charge in [0, 0.05) is 19.1 Å². The molecule has 2 fully saturated rings. The van der Waals surface area contributed by atoms with Crippen molar-refractivity contribution in [1.82, 2.24) is 15.1 Å². The molecule has 3 heteroatoms. The fourth-order valence-electron chi connectivity index (χ4n) is 4.16. The van der Waals surface area contributed by atoms with Crippen molar-refractivity contribution >= 4 is 0 Å². The Morgan fingerprint density at radius 1 is 1.05 bits per heavy atom. The minimum atomic E-state index is 0.785. The van der Waals surface area contributed by atoms with Gasteiger partial charge in [-0.05, 0) is 71.2 Å². The van der Waals surface area contributed by atoms with Crippen molar-refractivity contribution in [3.05, 3.63) is 0 Å². The number of nitrogens with zero attached hydrogens (tertiary/aromatic N) is 2. The molecule has 1 aliphatic carbocycles. The first-order chi connectivity index (χ1) is 9.69. The molecule has 2 atom stereocenters. The van der Waals surface area contributed by atoms with E-state index >= 15 is 0 Å². The summed E-state index contributed by atoms with van der Waals surface area (Å²) >= 11 is 0. The topological polar surface area (TPSA) is 18.5 Å². The fourth-order valence-corrected chi connectivity index (χ4v) is 4.16. The van der Waals surface area contributed by atoms with Crippen molar-refractivity contribution in [3.8, 4) is 0 Å². The van der Waals surface area contributed by atoms with E-state index in [0.717, 1.165) is 24.4 Å². The molecule has 3 nitrogen and oxygen atoms in total. The van der Waals surface area contributed by atoms with Gasteiger partial charge in [0.25, 0.3) is 0 Å². The van der Waals surface area contributed by atoms with Gasteiger partial charge >= 0.3 is 0 Å². The lowest BCUT2D eigenvalue weighted by Crippen LogP contribution is -2.46. The SMILES string of the molecule is CCNC1CCCCC1CN1CCC(CN(C)C)CC1. The highest BCUT2D eigenvalue weighted by Crippen LogP contribution is 2.27. The first-order valence-electron chi connectivity index (χ1n) is 8.79. The third-order valence-corrected chi connectivity index (χ3v) is 5.20. The van der Waals surface area contributed by atoms with Crippen LogP contribution < -0.4 is 5.32 Å². The van der Waals surface area contributed by atoms with Crippen molar-refractivity contribution in [2.24, 2.45) is 11.8 Å². The molecule has 2 rings (SSSR count). The van der Waals surface area contributed by atoms with Crippen LogP contribution in [0.3, 0.4) is 0 Å². The molecule has 0 aromatic rings. The lowest BCUT2D eigenvalue weighted by Gasteiger charge is -2.39. The zero-order chi connectivity index (χ0) is 14.4. The molecule has 0 spiro atoms. The summed E-state index contributed by atoms with van der Waals surface area (Å²) in [6.07, 6.45) is 8.52. The van der Waals surface area contributed by atoms with Crippen molar-refractivity contribution in [2.45, 2.75) is 51.5 Å². The van der Waals surface area contributed by atoms with Crippen LogP contribution in [-0.4, -0.2) is 62.7 Å². The molecular weight excluding hydrogens is 246 g/mol. The fraction of sp³-hybridized carbons (Fsp3) is 1.00. The monoisotopic (exact) mass is 281 g/mol. The first-order valence-corrected chi connectivity index (χ1v) is 8.79. The zero-order valence-corrected chi connectivity index (χ0v) is 13.9. The summed E-state index contributed by atoms with van der Waals surface area (Å²) in [5.74, 6) is 1.83. The predicted octanol–water partition coefficient (Wildman–Crippen LogP) is 2.43. The van der Waals surface area contributed by atoms with Gasteiger partial charge in [0.1, 0.15) is 0 Å². The van der Waals surface area contributed by atoms with E-state index in [1.807, 2.05) is 0 Å². The maximum absolute atomic E-state index is 3.73. The van der Waals surface area contributed by atoms with Crippen LogP contribution in [0.25, 0.3) is 0 Å². The second kappa shape index (κ2) is 8.35. The Kier molecular flexibility index (Phi) is 6.79. The standard InChI is InChI=1S/C17H35N3/c1-4-18-17-8-6-5-7-16(17)14-20-11-9-15(10-12-20)13-19(2)3/h15-18H,4-14H2,1-3H3. The van der Waals surface area contributed by atoms with Crippen molar-refractivity contribution in [3.63, 3.8) is 0 Å². The molecule has 0 aromatic heterocycles. The summed E-state index contributed by atoms with van der Waals surface area (Å²) in [4.78, 5) is 5.09. The number of likely N-dealkylation sites (tertiary alicyclic amines) is 1. The van der Waals surface area contributed by atoms with E-state index in [9.17, 15) is 0 Å². The second-order valence-corrected chi connectivity index (χ2v) is 7.21. The summed E-state index contributed by atoms with van der Waals surface area (Å²) in [6.45, 7) is 8.65. The summed E-state index contributed by atoms with van der Waals surface area (Å²) in [7, 11) is 4.41. The van der Waals surface area contributed by atoms with Gasteiger partial charge < -0.3 is 15.1 Å². The number of hydrogen-bond donors (Lipinski definition) is 1. The molecule has 2 aliphatic rings. The highest BCUT2D eigenvalue weighted by molar-refractivity contribution is 4.84. The molecule has 2 unspecified atom stereocenters. The van der Waals surface area contributed by atoms with Crippen LogP contribution in [0.15, 0.2) is 0 Å². The first kappa shape index (κ1) is 16.3. The normalized spacial score (nSPS) is 30.0. The summed E-state index contributed by atoms with van der Waals surface area (Å²) in [5, 5.41) is 3.73. The Balaban J connectivity index is 1.73. The molecule has 0 amide bonds. The molecule has 1 saturated heterocycles. The predicted molar refractivity (Wildman–Crippen MR) is 87.1 cm³/mol. The van der Waals surface area contributed by atoms with Gasteiger partial charge in [-0.1, -0.05) is 19.8 Å². The molecule has 118 valence electrons. The second-order valence-electron chi connectivity index (χ2n) is 7.21. The number of hydrogen-bond acceptors (Lipinski definition) is 3. The lowest BCUT2D eigenvalue weighted by atomic mass is 9.83. The van der Waals surface area contributed by atoms with Crippen LogP contribution >= 0.6 is 0 Å². The van der Waals surface area contributed by atoms with Crippen LogP contribution in [0.2, 0.25) is 0 Å². The maximum Gasteiger partial charge on any atom is 0.0107 e. The average molecular weight is 281 g/mol. The van der Waals surface area contributed by atoms with Crippen molar-refractivity contribution in [1.29, 1.82) is 0 Å². The Morgan fingerprint density at radius 2 is 1.75 bits per heavy atom. The smallest absolute Gasteiger partial charge is 0.0107 e. The lowest BCUT2D eigenvalue weighted by molar-refractivity contribution is 0.119. The van der Waals surface area contributed by atoms with E-state index in [0.29, 0.717) is 0 Å². The molecule has 0 bridgehead atoms. The average Bonchev–Trinajstić information content (AvgIpc) is 2.43. The largest absolute Gasteiger partial charge is 0.314 e. The Hall–Kier alpha value is -0.120. The van der Waals surface area contributed by atoms with Gasteiger partial charge in [-0.15, -0.1) is 0 Å². The third-order valence-electron chi connectivity index (χ3n) is 5.20. The zero-order valence-electron chi connectivity index (χ0n) is 13.9. The highest BCUT2D eigenvalue weighted by atomic mass is 15.1. The van der Waals surface area contributed by atoms with Gasteiger partial charge in [-0.3, -0.25) is 0 Å². The Labute approximate surface area is 126 Å². The maximum atomic E-state index is 3.73. The van der Waals surface area contributed by atoms with E-state index < -0.39 is 0 Å². The van der Waals surface area contributed by atoms with Gasteiger partial charge in [0.05, 0.1) is 0 Å². The van der Waals surface area contributed by atoms with Crippen molar-refractivity contribution < 1.29 is 0 Å². The highest BCUT2D eigenvalue weighted by Gasteiger charge is 2.28. The van der Waals surface area contributed by atoms with Crippen LogP contribution in [-0.2, 0) is 0 Å². The Bertz CT molecular complexity index is 257. The molecule has 0 aromatic carbocycles. The quantitative estimate of drug-likeness (QED) is 0.807. The van der Waals surface area contributed by atoms with Crippen LogP contribution in [0, 0.1) is 11.8 Å². The van der Waals surface area contributed by atoms with Gasteiger partial charge in [-0.25, -0.2) is 0 Å². The van der Waals surface area contributed by atoms with E-state index in [2.05, 4.69) is 36.1 Å². The third kappa shape index (κ3) is 5.01. The number of rotatable bonds is 6. The van der Waals surface area contributed by atoms with Gasteiger partial charge in [0.2, 0.25) is 0 Å². The Morgan fingerprint density at radius 3 is 2.40 bits per heavy atom. The van der Waals surface area contributed by atoms with E-state index in [-0.39, 0.29) is 0 Å². The molecule has 1 saturated carbocycles. The number of piperidine rings is 1. The number of nitrogens with one attached hydrogen (secondary N) is 1. The van der Waals surface area contributed by atoms with Gasteiger partial charge in [-0.2, -0.15) is 0 Å². The summed E-state index contributed by atoms with van der Waals surface area (Å²) in [5.41, 5.74) is 0. The van der Waals surface area contributed by atoms with Gasteiger partial charge in [0.15, 0.2) is 0 Å². The van der Waals surface area contributed by atoms with Crippen molar-refractivity contribution in [2.75, 3.05) is 46.8 Å². The summed E-state index contributed by atoms with van der Waals surface area (Å²) < 4.78 is 0. The van der Waals surface area contributed by atoms with Crippen LogP contribution in [0.5, 0.6) is 0 Å². The molecule has 1 N–H and O–H groups in total. The van der Waals surface area contributed by atoms with Crippen LogP contribution in [0.1, 0.15) is 45.4 Å². The summed E-state index contributed by atoms with van der Waals surface area (Å²) in [6, 6.07) is 0.785. The van der Waals surface area contributed by atoms with E-state index in [4.69, 9.17) is 0 Å². The molecule has 1 heterocycles. The molecule has 1 aliphatic heterocycles. The molecule has 20 heavy (non-hydrogen) atoms. The minimum Gasteiger partial charge on any atom is -0.314 e.